The molecule has 0 saturated carbocycles. The van der Waals surface area contributed by atoms with Crippen molar-refractivity contribution in [3.05, 3.63) is 237 Å². The second-order valence-corrected chi connectivity index (χ2v) is 17.0. The Labute approximate surface area is 392 Å². The largest absolute Gasteiger partial charge is 0.455 e. The molecule has 6 nitrogen and oxygen atoms in total. The first kappa shape index (κ1) is 39.1. The number of nitrogens with zero attached hydrogens (tertiary/aromatic N) is 5. The first-order valence-electron chi connectivity index (χ1n) is 22.8. The molecule has 13 rings (SSSR count). The van der Waals surface area contributed by atoms with Crippen molar-refractivity contribution in [2.24, 2.45) is 0 Å². The van der Waals surface area contributed by atoms with E-state index in [1.165, 1.54) is 0 Å². The quantitative estimate of drug-likeness (QED) is 0.152. The van der Waals surface area contributed by atoms with Crippen molar-refractivity contribution < 1.29 is 4.42 Å². The number of hydrogen-bond acceptors (Lipinski definition) is 5. The highest BCUT2D eigenvalue weighted by molar-refractivity contribution is 6.15. The number of hydrogen-bond donors (Lipinski definition) is 0. The van der Waals surface area contributed by atoms with Crippen LogP contribution in [0.25, 0.3) is 128 Å². The van der Waals surface area contributed by atoms with Gasteiger partial charge in [-0.2, -0.15) is 5.10 Å². The van der Waals surface area contributed by atoms with E-state index in [1.54, 1.807) is 0 Å². The number of benzene rings is 9. The zero-order chi connectivity index (χ0) is 45.0. The molecule has 68 heavy (non-hydrogen) atoms. The van der Waals surface area contributed by atoms with Crippen LogP contribution in [-0.2, 0) is 0 Å². The molecule has 0 aliphatic rings. The predicted molar refractivity (Wildman–Crippen MR) is 277 cm³/mol. The van der Waals surface area contributed by atoms with Gasteiger partial charge in [-0.05, 0) is 40.3 Å². The fourth-order valence-corrected chi connectivity index (χ4v) is 9.77. The fraction of sp³-hybridized carbons (Fsp3) is 0. The lowest BCUT2D eigenvalue weighted by atomic mass is 9.90. The number of aromatic nitrogens is 5. The highest BCUT2D eigenvalue weighted by Gasteiger charge is 2.26. The first-order valence-corrected chi connectivity index (χ1v) is 22.8. The molecule has 0 N–H and O–H groups in total. The highest BCUT2D eigenvalue weighted by Crippen LogP contribution is 2.46. The molecule has 0 atom stereocenters. The van der Waals surface area contributed by atoms with Crippen LogP contribution in [0.2, 0.25) is 0 Å². The van der Waals surface area contributed by atoms with Crippen molar-refractivity contribution in [2.45, 2.75) is 0 Å². The number of pyridine rings is 1. The van der Waals surface area contributed by atoms with Crippen molar-refractivity contribution in [3.63, 3.8) is 0 Å². The lowest BCUT2D eigenvalue weighted by molar-refractivity contribution is 0.670. The summed E-state index contributed by atoms with van der Waals surface area (Å²) < 4.78 is 8.65. The molecule has 9 aromatic carbocycles. The van der Waals surface area contributed by atoms with E-state index in [4.69, 9.17) is 24.5 Å². The maximum Gasteiger partial charge on any atom is 0.164 e. The summed E-state index contributed by atoms with van der Waals surface area (Å²) in [6.45, 7) is 0. The molecule has 0 unspecified atom stereocenters. The van der Waals surface area contributed by atoms with Gasteiger partial charge in [0.15, 0.2) is 17.5 Å². The zero-order valence-electron chi connectivity index (χ0n) is 36.7. The Bertz CT molecular complexity index is 4010. The number of fused-ring (bicyclic) bond motifs is 6. The second-order valence-electron chi connectivity index (χ2n) is 17.0. The van der Waals surface area contributed by atoms with Crippen LogP contribution in [0, 0.1) is 0 Å². The Morgan fingerprint density at radius 1 is 0.324 bits per heavy atom. The van der Waals surface area contributed by atoms with Gasteiger partial charge in [-0.1, -0.05) is 218 Å². The first-order chi connectivity index (χ1) is 33.7. The van der Waals surface area contributed by atoms with Crippen LogP contribution in [0.15, 0.2) is 241 Å². The summed E-state index contributed by atoms with van der Waals surface area (Å²) in [5, 5.41) is 9.98. The normalized spacial score (nSPS) is 11.5. The third kappa shape index (κ3) is 6.66. The molecule has 4 heterocycles. The molecule has 0 radical (unpaired) electrons. The topological polar surface area (TPSA) is 69.1 Å². The van der Waals surface area contributed by atoms with Gasteiger partial charge in [-0.3, -0.25) is 0 Å². The number of furan rings is 1. The lowest BCUT2D eigenvalue weighted by Crippen LogP contribution is -2.02. The maximum atomic E-state index is 6.47. The van der Waals surface area contributed by atoms with Crippen LogP contribution in [-0.4, -0.2) is 24.6 Å². The van der Waals surface area contributed by atoms with Crippen molar-refractivity contribution >= 4 is 38.2 Å². The highest BCUT2D eigenvalue weighted by atomic mass is 16.3. The predicted octanol–water partition coefficient (Wildman–Crippen LogP) is 15.9. The zero-order valence-corrected chi connectivity index (χ0v) is 36.7. The van der Waals surface area contributed by atoms with Crippen LogP contribution in [0.5, 0.6) is 0 Å². The Morgan fingerprint density at radius 2 is 0.794 bits per heavy atom. The van der Waals surface area contributed by atoms with Crippen LogP contribution in [0.4, 0.5) is 0 Å². The van der Waals surface area contributed by atoms with Gasteiger partial charge < -0.3 is 4.42 Å². The third-order valence-electron chi connectivity index (χ3n) is 12.9. The standard InChI is InChI=1S/C62H39N5O/c1-5-20-40(21-6-1)55-56(41-22-7-2-8-23-41)66-67-57(42-24-9-3-10-25-42)54(50-33-13-14-34-51(50)58(55)67)45-29-18-31-47(39-45)62-64-60(43-26-11-4-12-27-43)63-61(65-62)46-30-17-28-44(38-46)48-35-19-36-52-49-32-15-16-37-53(49)68-59(48)52/h1-39H. The number of rotatable bonds is 8. The van der Waals surface area contributed by atoms with E-state index in [-0.39, 0.29) is 0 Å². The van der Waals surface area contributed by atoms with Gasteiger partial charge >= 0.3 is 0 Å². The molecule has 318 valence electrons. The molecule has 0 fully saturated rings. The SMILES string of the molecule is c1ccc(-c2nc(-c3cccc(-c4c(-c5ccccc5)n5nc(-c6ccccc6)c(-c6ccccc6)c5c5ccccc45)c3)nc(-c3cccc(-c4cccc5c4oc4ccccc45)c3)n2)cc1. The molecule has 0 aliphatic heterocycles. The molecule has 6 heteroatoms. The fourth-order valence-electron chi connectivity index (χ4n) is 9.77. The monoisotopic (exact) mass is 869 g/mol. The van der Waals surface area contributed by atoms with Gasteiger partial charge in [0.25, 0.3) is 0 Å². The molecule has 4 aromatic heterocycles. The molecule has 0 spiro atoms. The number of para-hydroxylation sites is 2. The second kappa shape index (κ2) is 16.3. The average molecular weight is 870 g/mol. The molecule has 0 amide bonds. The summed E-state index contributed by atoms with van der Waals surface area (Å²) in [5.41, 5.74) is 15.7. The van der Waals surface area contributed by atoms with Gasteiger partial charge in [0.05, 0.1) is 11.2 Å². The minimum absolute atomic E-state index is 0.573. The van der Waals surface area contributed by atoms with E-state index in [1.807, 2.05) is 42.5 Å². The van der Waals surface area contributed by atoms with E-state index in [0.29, 0.717) is 17.5 Å². The van der Waals surface area contributed by atoms with E-state index in [2.05, 4.69) is 199 Å². The summed E-state index contributed by atoms with van der Waals surface area (Å²) in [6.07, 6.45) is 0. The molecular formula is C62H39N5O. The lowest BCUT2D eigenvalue weighted by Gasteiger charge is -2.18. The summed E-state index contributed by atoms with van der Waals surface area (Å²) in [5.74, 6) is 1.74. The summed E-state index contributed by atoms with van der Waals surface area (Å²) >= 11 is 0. The van der Waals surface area contributed by atoms with Gasteiger partial charge in [-0.25, -0.2) is 19.5 Å². The van der Waals surface area contributed by atoms with E-state index >= 15 is 0 Å². The minimum atomic E-state index is 0.573. The van der Waals surface area contributed by atoms with Crippen LogP contribution >= 0.6 is 0 Å². The Hall–Kier alpha value is -9.26. The van der Waals surface area contributed by atoms with Crippen LogP contribution in [0.1, 0.15) is 0 Å². The minimum Gasteiger partial charge on any atom is -0.455 e. The van der Waals surface area contributed by atoms with Crippen molar-refractivity contribution in [1.29, 1.82) is 0 Å². The van der Waals surface area contributed by atoms with Crippen molar-refractivity contribution in [1.82, 2.24) is 24.6 Å². The third-order valence-corrected chi connectivity index (χ3v) is 12.9. The molecule has 13 aromatic rings. The smallest absolute Gasteiger partial charge is 0.164 e. The molecule has 0 aliphatic carbocycles. The molecule has 0 saturated heterocycles. The summed E-state index contributed by atoms with van der Waals surface area (Å²) in [6, 6.07) is 82.1. The van der Waals surface area contributed by atoms with E-state index in [0.717, 1.165) is 111 Å². The Kier molecular flexibility index (Phi) is 9.39. The van der Waals surface area contributed by atoms with Crippen molar-refractivity contribution in [3.8, 4) is 90.1 Å². The van der Waals surface area contributed by atoms with Crippen LogP contribution in [0.3, 0.4) is 0 Å². The summed E-state index contributed by atoms with van der Waals surface area (Å²) in [4.78, 5) is 15.6. The van der Waals surface area contributed by atoms with E-state index < -0.39 is 0 Å². The van der Waals surface area contributed by atoms with Crippen LogP contribution < -0.4 is 0 Å². The Balaban J connectivity index is 1.02. The van der Waals surface area contributed by atoms with Gasteiger partial charge in [0.1, 0.15) is 16.9 Å². The summed E-state index contributed by atoms with van der Waals surface area (Å²) in [7, 11) is 0. The van der Waals surface area contributed by atoms with Gasteiger partial charge in [-0.15, -0.1) is 0 Å². The van der Waals surface area contributed by atoms with Crippen molar-refractivity contribution in [2.75, 3.05) is 0 Å². The molecule has 0 bridgehead atoms. The van der Waals surface area contributed by atoms with Gasteiger partial charge in [0, 0.05) is 60.7 Å². The van der Waals surface area contributed by atoms with Gasteiger partial charge in [0.2, 0.25) is 0 Å². The molecular weight excluding hydrogens is 831 g/mol. The maximum absolute atomic E-state index is 6.47. The average Bonchev–Trinajstić information content (AvgIpc) is 4.01. The van der Waals surface area contributed by atoms with E-state index in [9.17, 15) is 0 Å². The Morgan fingerprint density at radius 3 is 1.47 bits per heavy atom.